The van der Waals surface area contributed by atoms with E-state index in [2.05, 4.69) is 26.6 Å². The van der Waals surface area contributed by atoms with Crippen LogP contribution in [0.4, 0.5) is 14.5 Å². The Morgan fingerprint density at radius 2 is 1.84 bits per heavy atom. The third kappa shape index (κ3) is 2.47. The van der Waals surface area contributed by atoms with Gasteiger partial charge in [-0.05, 0) is 34.8 Å². The van der Waals surface area contributed by atoms with E-state index in [0.717, 1.165) is 6.07 Å². The third-order valence-corrected chi connectivity index (χ3v) is 3.71. The van der Waals surface area contributed by atoms with Gasteiger partial charge < -0.3 is 10.6 Å². The van der Waals surface area contributed by atoms with E-state index in [1.165, 1.54) is 7.05 Å². The van der Waals surface area contributed by atoms with Crippen LogP contribution in [0.3, 0.4) is 0 Å². The molecule has 19 heavy (non-hydrogen) atoms. The summed E-state index contributed by atoms with van der Waals surface area (Å²) in [4.78, 5) is 23.6. The highest BCUT2D eigenvalue weighted by Gasteiger charge is 2.56. The van der Waals surface area contributed by atoms with Crippen LogP contribution in [0.15, 0.2) is 16.6 Å². The first kappa shape index (κ1) is 13.9. The maximum atomic E-state index is 13.5. The van der Waals surface area contributed by atoms with Gasteiger partial charge >= 0.3 is 0 Å². The molecule has 0 spiro atoms. The largest absolute Gasteiger partial charge is 0.358 e. The van der Waals surface area contributed by atoms with Gasteiger partial charge in [-0.3, -0.25) is 9.59 Å². The molecule has 0 aliphatic heterocycles. The standard InChI is InChI=1S/C12H11BrF2N2O2/c1-16-10(18)12(2-3-12)11(19)17-9-4-6(13)7(14)5-8(9)15/h4-5H,2-3H2,1H3,(H,16,18)(H,17,19). The summed E-state index contributed by atoms with van der Waals surface area (Å²) in [7, 11) is 1.44. The average Bonchev–Trinajstić information content (AvgIpc) is 3.16. The maximum absolute atomic E-state index is 13.5. The molecule has 1 saturated carbocycles. The SMILES string of the molecule is CNC(=O)C1(C(=O)Nc2cc(Br)c(F)cc2F)CC1. The number of carbonyl (C=O) groups is 2. The zero-order valence-corrected chi connectivity index (χ0v) is 11.6. The van der Waals surface area contributed by atoms with Crippen LogP contribution in [0.1, 0.15) is 12.8 Å². The second kappa shape index (κ2) is 4.88. The molecule has 4 nitrogen and oxygen atoms in total. The van der Waals surface area contributed by atoms with Crippen LogP contribution in [0.25, 0.3) is 0 Å². The van der Waals surface area contributed by atoms with Gasteiger partial charge in [-0.15, -0.1) is 0 Å². The molecule has 1 fully saturated rings. The minimum Gasteiger partial charge on any atom is -0.358 e. The van der Waals surface area contributed by atoms with Crippen molar-refractivity contribution in [2.45, 2.75) is 12.8 Å². The number of amides is 2. The molecule has 0 heterocycles. The maximum Gasteiger partial charge on any atom is 0.240 e. The molecule has 0 saturated heterocycles. The molecular weight excluding hydrogens is 322 g/mol. The predicted octanol–water partition coefficient (Wildman–Crippen LogP) is 2.19. The molecule has 7 heteroatoms. The Labute approximate surface area is 116 Å². The molecule has 0 bridgehead atoms. The van der Waals surface area contributed by atoms with Gasteiger partial charge in [0, 0.05) is 13.1 Å². The molecule has 0 unspecified atom stereocenters. The van der Waals surface area contributed by atoms with Crippen LogP contribution >= 0.6 is 15.9 Å². The van der Waals surface area contributed by atoms with E-state index < -0.39 is 28.9 Å². The molecule has 1 aromatic carbocycles. The average molecular weight is 333 g/mol. The lowest BCUT2D eigenvalue weighted by atomic mass is 10.1. The Balaban J connectivity index is 2.21. The molecule has 0 atom stereocenters. The molecule has 1 aliphatic carbocycles. The second-order valence-electron chi connectivity index (χ2n) is 4.36. The Morgan fingerprint density at radius 1 is 1.21 bits per heavy atom. The molecule has 2 amide bonds. The first-order chi connectivity index (χ1) is 8.90. The first-order valence-corrected chi connectivity index (χ1v) is 6.38. The lowest BCUT2D eigenvalue weighted by Crippen LogP contribution is -2.38. The first-order valence-electron chi connectivity index (χ1n) is 5.59. The van der Waals surface area contributed by atoms with E-state index in [-0.39, 0.29) is 10.2 Å². The Kier molecular flexibility index (Phi) is 3.58. The van der Waals surface area contributed by atoms with Gasteiger partial charge in [0.25, 0.3) is 0 Å². The number of anilines is 1. The van der Waals surface area contributed by atoms with Crippen molar-refractivity contribution in [2.75, 3.05) is 12.4 Å². The van der Waals surface area contributed by atoms with Gasteiger partial charge in [-0.1, -0.05) is 0 Å². The van der Waals surface area contributed by atoms with Gasteiger partial charge in [0.15, 0.2) is 0 Å². The summed E-state index contributed by atoms with van der Waals surface area (Å²) in [6, 6.07) is 1.79. The van der Waals surface area contributed by atoms with Gasteiger partial charge in [0.1, 0.15) is 17.0 Å². The van der Waals surface area contributed by atoms with Crippen LogP contribution < -0.4 is 10.6 Å². The lowest BCUT2D eigenvalue weighted by molar-refractivity contribution is -0.134. The van der Waals surface area contributed by atoms with Crippen molar-refractivity contribution >= 4 is 33.4 Å². The topological polar surface area (TPSA) is 58.2 Å². The van der Waals surface area contributed by atoms with E-state index in [1.54, 1.807) is 0 Å². The van der Waals surface area contributed by atoms with Crippen molar-refractivity contribution in [2.24, 2.45) is 5.41 Å². The van der Waals surface area contributed by atoms with E-state index >= 15 is 0 Å². The van der Waals surface area contributed by atoms with Crippen LogP contribution in [-0.4, -0.2) is 18.9 Å². The van der Waals surface area contributed by atoms with Crippen LogP contribution in [0, 0.1) is 17.0 Å². The lowest BCUT2D eigenvalue weighted by Gasteiger charge is -2.14. The van der Waals surface area contributed by atoms with E-state index in [4.69, 9.17) is 0 Å². The van der Waals surface area contributed by atoms with Gasteiger partial charge in [0.05, 0.1) is 10.2 Å². The summed E-state index contributed by atoms with van der Waals surface area (Å²) in [5.74, 6) is -2.62. The summed E-state index contributed by atoms with van der Waals surface area (Å²) in [6.45, 7) is 0. The summed E-state index contributed by atoms with van der Waals surface area (Å²) >= 11 is 2.91. The summed E-state index contributed by atoms with van der Waals surface area (Å²) in [5.41, 5.74) is -1.28. The fourth-order valence-corrected chi connectivity index (χ4v) is 2.13. The highest BCUT2D eigenvalue weighted by atomic mass is 79.9. The zero-order valence-electron chi connectivity index (χ0n) is 10.0. The van der Waals surface area contributed by atoms with Crippen LogP contribution in [0.2, 0.25) is 0 Å². The molecule has 102 valence electrons. The number of hydrogen-bond donors (Lipinski definition) is 2. The summed E-state index contributed by atoms with van der Waals surface area (Å²) < 4.78 is 26.6. The number of benzene rings is 1. The smallest absolute Gasteiger partial charge is 0.240 e. The van der Waals surface area contributed by atoms with E-state index in [9.17, 15) is 18.4 Å². The predicted molar refractivity (Wildman–Crippen MR) is 68.4 cm³/mol. The van der Waals surface area contributed by atoms with Gasteiger partial charge in [-0.25, -0.2) is 8.78 Å². The van der Waals surface area contributed by atoms with Gasteiger partial charge in [-0.2, -0.15) is 0 Å². The number of rotatable bonds is 3. The minimum atomic E-state index is -1.12. The van der Waals surface area contributed by atoms with Crippen molar-refractivity contribution in [1.82, 2.24) is 5.32 Å². The Hall–Kier alpha value is -1.50. The molecule has 1 aliphatic rings. The van der Waals surface area contributed by atoms with Crippen molar-refractivity contribution in [3.63, 3.8) is 0 Å². The third-order valence-electron chi connectivity index (χ3n) is 3.10. The second-order valence-corrected chi connectivity index (χ2v) is 5.22. The zero-order chi connectivity index (χ0) is 14.2. The quantitative estimate of drug-likeness (QED) is 0.658. The van der Waals surface area contributed by atoms with Crippen molar-refractivity contribution in [1.29, 1.82) is 0 Å². The van der Waals surface area contributed by atoms with Crippen molar-refractivity contribution in [3.05, 3.63) is 28.2 Å². The molecule has 1 aromatic rings. The number of nitrogens with one attached hydrogen (secondary N) is 2. The Morgan fingerprint density at radius 3 is 2.37 bits per heavy atom. The molecule has 0 radical (unpaired) electrons. The van der Waals surface area contributed by atoms with Crippen molar-refractivity contribution in [3.8, 4) is 0 Å². The number of hydrogen-bond acceptors (Lipinski definition) is 2. The monoisotopic (exact) mass is 332 g/mol. The summed E-state index contributed by atoms with van der Waals surface area (Å²) in [5, 5.41) is 4.73. The molecular formula is C12H11BrF2N2O2. The Bertz CT molecular complexity index is 559. The highest BCUT2D eigenvalue weighted by molar-refractivity contribution is 9.10. The number of carbonyl (C=O) groups excluding carboxylic acids is 2. The number of halogens is 3. The fraction of sp³-hybridized carbons (Fsp3) is 0.333. The normalized spacial score (nSPS) is 15.8. The minimum absolute atomic E-state index is 0.0361. The van der Waals surface area contributed by atoms with E-state index in [0.29, 0.717) is 18.9 Å². The molecule has 2 rings (SSSR count). The van der Waals surface area contributed by atoms with Gasteiger partial charge in [0.2, 0.25) is 11.8 Å². The van der Waals surface area contributed by atoms with Crippen LogP contribution in [-0.2, 0) is 9.59 Å². The molecule has 2 N–H and O–H groups in total. The van der Waals surface area contributed by atoms with Crippen molar-refractivity contribution < 1.29 is 18.4 Å². The fourth-order valence-electron chi connectivity index (χ4n) is 1.78. The summed E-state index contributed by atoms with van der Waals surface area (Å²) in [6.07, 6.45) is 0.838. The van der Waals surface area contributed by atoms with Crippen LogP contribution in [0.5, 0.6) is 0 Å². The molecule has 0 aromatic heterocycles. The van der Waals surface area contributed by atoms with E-state index in [1.807, 2.05) is 0 Å². The highest BCUT2D eigenvalue weighted by Crippen LogP contribution is 2.46.